The molecule has 3 fully saturated rings. The summed E-state index contributed by atoms with van der Waals surface area (Å²) in [5.74, 6) is 1.35. The summed E-state index contributed by atoms with van der Waals surface area (Å²) in [4.78, 5) is 23.0. The molecule has 1 N–H and O–H groups in total. The highest BCUT2D eigenvalue weighted by atomic mass is 79.9. The predicted molar refractivity (Wildman–Crippen MR) is 106 cm³/mol. The van der Waals surface area contributed by atoms with Crippen LogP contribution in [0.25, 0.3) is 0 Å². The van der Waals surface area contributed by atoms with Gasteiger partial charge in [0, 0.05) is 11.8 Å². The average Bonchev–Trinajstić information content (AvgIpc) is 2.84. The molecule has 27 heavy (non-hydrogen) atoms. The third-order valence-electron chi connectivity index (χ3n) is 9.02. The molecule has 0 bridgehead atoms. The van der Waals surface area contributed by atoms with Gasteiger partial charge in [0.1, 0.15) is 11.7 Å². The van der Waals surface area contributed by atoms with E-state index in [4.69, 9.17) is 4.74 Å². The number of halogens is 1. The first-order valence-corrected chi connectivity index (χ1v) is 11.3. The molecule has 0 unspecified atom stereocenters. The molecule has 0 aromatic rings. The highest BCUT2D eigenvalue weighted by molar-refractivity contribution is 9.09. The van der Waals surface area contributed by atoms with Crippen molar-refractivity contribution in [2.45, 2.75) is 82.2 Å². The summed E-state index contributed by atoms with van der Waals surface area (Å²) in [6.07, 6.45) is 9.08. The molecule has 0 saturated heterocycles. The molecule has 4 nitrogen and oxygen atoms in total. The number of carbonyl (C=O) groups is 2. The van der Waals surface area contributed by atoms with Crippen LogP contribution in [0.3, 0.4) is 0 Å². The standard InChI is InChI=1S/C22H31BrO4/c1-13(25)22(26)19(23)11-18-16-5-4-14-10-15(27-12-24)6-8-20(14,2)17(16)7-9-21(18,22)3/h4,12,15-19,26H,5-11H2,1-3H3/t15-,16+,17-,18-,19-,20-,21-,22+/m0/s1. The van der Waals surface area contributed by atoms with Crippen LogP contribution in [-0.2, 0) is 14.3 Å². The van der Waals surface area contributed by atoms with Crippen LogP contribution in [0.5, 0.6) is 0 Å². The van der Waals surface area contributed by atoms with Gasteiger partial charge in [-0.25, -0.2) is 0 Å². The van der Waals surface area contributed by atoms with Crippen LogP contribution in [0.2, 0.25) is 0 Å². The zero-order valence-electron chi connectivity index (χ0n) is 16.5. The molecule has 8 atom stereocenters. The van der Waals surface area contributed by atoms with Crippen molar-refractivity contribution in [2.75, 3.05) is 0 Å². The minimum absolute atomic E-state index is 0.0217. The van der Waals surface area contributed by atoms with E-state index in [9.17, 15) is 14.7 Å². The molecule has 3 saturated carbocycles. The zero-order valence-corrected chi connectivity index (χ0v) is 18.1. The highest BCUT2D eigenvalue weighted by Gasteiger charge is 2.68. The molecule has 0 amide bonds. The highest BCUT2D eigenvalue weighted by Crippen LogP contribution is 2.68. The lowest BCUT2D eigenvalue weighted by molar-refractivity contribution is -0.158. The number of ether oxygens (including phenoxy) is 1. The summed E-state index contributed by atoms with van der Waals surface area (Å²) < 4.78 is 5.27. The maximum absolute atomic E-state index is 12.5. The third kappa shape index (κ3) is 2.49. The van der Waals surface area contributed by atoms with E-state index in [1.54, 1.807) is 6.92 Å². The summed E-state index contributed by atoms with van der Waals surface area (Å²) in [5, 5.41) is 11.4. The van der Waals surface area contributed by atoms with Crippen molar-refractivity contribution >= 4 is 28.2 Å². The summed E-state index contributed by atoms with van der Waals surface area (Å²) in [6, 6.07) is 0. The molecular formula is C22H31BrO4. The molecule has 0 aromatic heterocycles. The number of alkyl halides is 1. The van der Waals surface area contributed by atoms with E-state index in [1.165, 1.54) is 5.57 Å². The van der Waals surface area contributed by atoms with E-state index < -0.39 is 5.60 Å². The van der Waals surface area contributed by atoms with Gasteiger partial charge in [0.2, 0.25) is 0 Å². The topological polar surface area (TPSA) is 63.6 Å². The van der Waals surface area contributed by atoms with Crippen molar-refractivity contribution in [1.29, 1.82) is 0 Å². The van der Waals surface area contributed by atoms with Crippen LogP contribution >= 0.6 is 15.9 Å². The van der Waals surface area contributed by atoms with Crippen LogP contribution < -0.4 is 0 Å². The summed E-state index contributed by atoms with van der Waals surface area (Å²) >= 11 is 3.68. The predicted octanol–water partition coefficient (Wildman–Crippen LogP) is 4.18. The second kappa shape index (κ2) is 6.41. The van der Waals surface area contributed by atoms with Crippen LogP contribution in [0.1, 0.15) is 65.7 Å². The number of rotatable bonds is 3. The molecule has 0 spiro atoms. The molecule has 0 radical (unpaired) electrons. The molecule has 0 aliphatic heterocycles. The van der Waals surface area contributed by atoms with Crippen molar-refractivity contribution in [3.8, 4) is 0 Å². The summed E-state index contributed by atoms with van der Waals surface area (Å²) in [5.41, 5.74) is 0.00303. The van der Waals surface area contributed by atoms with Gasteiger partial charge < -0.3 is 9.84 Å². The fourth-order valence-electron chi connectivity index (χ4n) is 7.42. The van der Waals surface area contributed by atoms with Crippen molar-refractivity contribution in [2.24, 2.45) is 28.6 Å². The molecule has 4 aliphatic carbocycles. The summed E-state index contributed by atoms with van der Waals surface area (Å²) in [7, 11) is 0. The lowest BCUT2D eigenvalue weighted by Crippen LogP contribution is -2.58. The Morgan fingerprint density at radius 2 is 2.04 bits per heavy atom. The van der Waals surface area contributed by atoms with Gasteiger partial charge in [0.15, 0.2) is 5.78 Å². The zero-order chi connectivity index (χ0) is 19.6. The number of aliphatic hydroxyl groups is 1. The van der Waals surface area contributed by atoms with Gasteiger partial charge in [-0.05, 0) is 68.6 Å². The van der Waals surface area contributed by atoms with Gasteiger partial charge >= 0.3 is 0 Å². The average molecular weight is 439 g/mol. The van der Waals surface area contributed by atoms with E-state index in [2.05, 4.69) is 35.9 Å². The van der Waals surface area contributed by atoms with Crippen LogP contribution in [-0.4, -0.2) is 33.9 Å². The van der Waals surface area contributed by atoms with Crippen LogP contribution in [0.4, 0.5) is 0 Å². The SMILES string of the molecule is CC(=O)[C@@]1(O)[C@@H](Br)C[C@H]2[C@@H]3CC=C4C[C@@H](OC=O)CC[C@]4(C)[C@H]3CC[C@@]21C. The molecule has 5 heteroatoms. The van der Waals surface area contributed by atoms with Crippen LogP contribution in [0.15, 0.2) is 11.6 Å². The van der Waals surface area contributed by atoms with E-state index in [0.717, 1.165) is 44.9 Å². The van der Waals surface area contributed by atoms with Gasteiger partial charge in [-0.1, -0.05) is 41.4 Å². The monoisotopic (exact) mass is 438 g/mol. The molecule has 150 valence electrons. The molecule has 0 aromatic carbocycles. The normalized spacial score (nSPS) is 51.4. The van der Waals surface area contributed by atoms with Crippen molar-refractivity contribution in [3.63, 3.8) is 0 Å². The first-order valence-electron chi connectivity index (χ1n) is 10.3. The van der Waals surface area contributed by atoms with Gasteiger partial charge in [-0.3, -0.25) is 9.59 Å². The molecule has 0 heterocycles. The first-order chi connectivity index (χ1) is 12.7. The van der Waals surface area contributed by atoms with Gasteiger partial charge in [0.25, 0.3) is 6.47 Å². The molecule has 4 aliphatic rings. The van der Waals surface area contributed by atoms with Gasteiger partial charge in [0.05, 0.1) is 4.83 Å². The number of allylic oxidation sites excluding steroid dienone is 1. The summed E-state index contributed by atoms with van der Waals surface area (Å²) in [6.45, 7) is 6.67. The lowest BCUT2D eigenvalue weighted by Gasteiger charge is -2.58. The Labute approximate surface area is 170 Å². The minimum atomic E-state index is -1.26. The second-order valence-electron chi connectivity index (χ2n) is 9.84. The Kier molecular flexibility index (Phi) is 4.66. The third-order valence-corrected chi connectivity index (χ3v) is 10.1. The lowest BCUT2D eigenvalue weighted by atomic mass is 9.47. The Bertz CT molecular complexity index is 690. The van der Waals surface area contributed by atoms with E-state index >= 15 is 0 Å². The van der Waals surface area contributed by atoms with Crippen molar-refractivity contribution < 1.29 is 19.4 Å². The van der Waals surface area contributed by atoms with Crippen molar-refractivity contribution in [1.82, 2.24) is 0 Å². The quantitative estimate of drug-likeness (QED) is 0.407. The van der Waals surface area contributed by atoms with Crippen molar-refractivity contribution in [3.05, 3.63) is 11.6 Å². The number of hydrogen-bond donors (Lipinski definition) is 1. The molecular weight excluding hydrogens is 408 g/mol. The number of Topliss-reactive ketones (excluding diaryl/α,β-unsaturated/α-hetero) is 1. The van der Waals surface area contributed by atoms with E-state index in [-0.39, 0.29) is 27.5 Å². The van der Waals surface area contributed by atoms with Gasteiger partial charge in [-0.15, -0.1) is 0 Å². The fraction of sp³-hybridized carbons (Fsp3) is 0.818. The Morgan fingerprint density at radius 1 is 1.30 bits per heavy atom. The second-order valence-corrected chi connectivity index (χ2v) is 10.9. The number of ketones is 1. The number of fused-ring (bicyclic) bond motifs is 5. The van der Waals surface area contributed by atoms with Gasteiger partial charge in [-0.2, -0.15) is 0 Å². The Hall–Kier alpha value is -0.680. The molecule has 4 rings (SSSR count). The number of carbonyl (C=O) groups excluding carboxylic acids is 2. The van der Waals surface area contributed by atoms with Crippen LogP contribution in [0, 0.1) is 28.6 Å². The fourth-order valence-corrected chi connectivity index (χ4v) is 8.67. The number of hydrogen-bond acceptors (Lipinski definition) is 4. The smallest absolute Gasteiger partial charge is 0.293 e. The first kappa shape index (κ1) is 19.6. The maximum Gasteiger partial charge on any atom is 0.293 e. The Morgan fingerprint density at radius 3 is 2.70 bits per heavy atom. The van der Waals surface area contributed by atoms with E-state index in [1.807, 2.05) is 0 Å². The van der Waals surface area contributed by atoms with E-state index in [0.29, 0.717) is 24.2 Å². The minimum Gasteiger partial charge on any atom is -0.464 e. The maximum atomic E-state index is 12.5. The largest absolute Gasteiger partial charge is 0.464 e. The Balaban J connectivity index is 1.66.